The molecule has 8 N–H and O–H groups in total. The number of aliphatic hydroxyl groups is 2. The molecule has 0 unspecified atom stereocenters. The van der Waals surface area contributed by atoms with Crippen molar-refractivity contribution < 1.29 is 39.1 Å². The van der Waals surface area contributed by atoms with E-state index in [0.717, 1.165) is 12.8 Å². The third-order valence-electron chi connectivity index (χ3n) is 4.72. The molecule has 0 aromatic heterocycles. The zero-order valence-electron chi connectivity index (χ0n) is 17.9. The van der Waals surface area contributed by atoms with E-state index < -0.39 is 61.1 Å². The topological polar surface area (TPSA) is 196 Å². The predicted octanol–water partition coefficient (Wildman–Crippen LogP) is -1.49. The Kier molecular flexibility index (Phi) is 11.9. The Balaban J connectivity index is 2.76. The van der Waals surface area contributed by atoms with Crippen molar-refractivity contribution in [1.29, 1.82) is 5.41 Å². The minimum Gasteiger partial charge on any atom is -0.480 e. The average molecular weight is 447 g/mol. The van der Waals surface area contributed by atoms with E-state index >= 15 is 0 Å². The molecule has 178 valence electrons. The smallest absolute Gasteiger partial charge is 0.370 e. The maximum atomic E-state index is 12.1. The van der Waals surface area contributed by atoms with E-state index in [4.69, 9.17) is 25.4 Å². The third kappa shape index (κ3) is 9.09. The van der Waals surface area contributed by atoms with Crippen molar-refractivity contribution in [1.82, 2.24) is 10.6 Å². The fourth-order valence-corrected chi connectivity index (χ4v) is 3.02. The van der Waals surface area contributed by atoms with Gasteiger partial charge in [0, 0.05) is 19.1 Å². The number of guanidine groups is 1. The van der Waals surface area contributed by atoms with Gasteiger partial charge in [0.15, 0.2) is 5.96 Å². The maximum absolute atomic E-state index is 12.1. The highest BCUT2D eigenvalue weighted by Gasteiger charge is 2.42. The number of carboxylic acid groups (broad SMARTS) is 1. The first-order valence-corrected chi connectivity index (χ1v) is 10.2. The molecule has 0 saturated carbocycles. The molecule has 0 bridgehead atoms. The van der Waals surface area contributed by atoms with Gasteiger partial charge in [0.05, 0.1) is 19.3 Å². The van der Waals surface area contributed by atoms with Crippen LogP contribution in [0.15, 0.2) is 11.8 Å². The summed E-state index contributed by atoms with van der Waals surface area (Å²) in [6.45, 7) is 3.83. The van der Waals surface area contributed by atoms with E-state index in [1.54, 1.807) is 6.92 Å². The molecule has 0 aromatic rings. The van der Waals surface area contributed by atoms with Gasteiger partial charge in [-0.05, 0) is 12.5 Å². The number of carbonyl (C=O) groups is 2. The molecular formula is C19H34N4O8. The van der Waals surface area contributed by atoms with Crippen molar-refractivity contribution in [3.8, 4) is 0 Å². The van der Waals surface area contributed by atoms with E-state index in [1.165, 1.54) is 6.08 Å². The van der Waals surface area contributed by atoms with Crippen LogP contribution in [0.5, 0.6) is 0 Å². The first-order chi connectivity index (χ1) is 14.7. The second-order valence-corrected chi connectivity index (χ2v) is 7.20. The number of hydrogen-bond acceptors (Lipinski definition) is 8. The molecule has 1 heterocycles. The van der Waals surface area contributed by atoms with Gasteiger partial charge in [-0.15, -0.1) is 0 Å². The van der Waals surface area contributed by atoms with Gasteiger partial charge >= 0.3 is 5.97 Å². The van der Waals surface area contributed by atoms with Crippen LogP contribution in [0.2, 0.25) is 0 Å². The lowest BCUT2D eigenvalue weighted by Crippen LogP contribution is -2.55. The number of aliphatic hydroxyl groups excluding tert-OH is 2. The normalized spacial score (nSPS) is 22.6. The van der Waals surface area contributed by atoms with Gasteiger partial charge in [-0.25, -0.2) is 4.79 Å². The lowest BCUT2D eigenvalue weighted by atomic mass is 9.87. The average Bonchev–Trinajstić information content (AvgIpc) is 2.72. The Morgan fingerprint density at radius 3 is 2.68 bits per heavy atom. The minimum absolute atomic E-state index is 0.284. The summed E-state index contributed by atoms with van der Waals surface area (Å²) < 4.78 is 16.4. The first kappa shape index (κ1) is 26.6. The molecule has 5 atom stereocenters. The third-order valence-corrected chi connectivity index (χ3v) is 4.72. The number of hydrogen-bond donors (Lipinski definition) is 7. The quantitative estimate of drug-likeness (QED) is 0.0938. The van der Waals surface area contributed by atoms with Crippen molar-refractivity contribution in [3.05, 3.63) is 11.8 Å². The van der Waals surface area contributed by atoms with Gasteiger partial charge in [0.25, 0.3) is 0 Å². The number of aliphatic carboxylic acids is 1. The molecule has 12 heteroatoms. The van der Waals surface area contributed by atoms with Crippen LogP contribution in [0.25, 0.3) is 0 Å². The van der Waals surface area contributed by atoms with Crippen molar-refractivity contribution in [2.45, 2.75) is 51.0 Å². The van der Waals surface area contributed by atoms with Crippen LogP contribution in [-0.2, 0) is 23.8 Å². The molecule has 0 aromatic carbocycles. The standard InChI is InChI=1S/C19H34N4O8/c1-3-4-6-29-7-5-22-15(26)10-30-17(13(25)9-24)16-11(2)12(23-19(20)21)8-14(31-16)18(27)28/h8,11-13,16-17,24-25H,3-7,9-10H2,1-2H3,(H,22,26)(H,27,28)(H4,20,21,23)/t11-,12+,13-,16-,17-/m1/s1. The van der Waals surface area contributed by atoms with Gasteiger partial charge in [-0.2, -0.15) is 0 Å². The van der Waals surface area contributed by atoms with Crippen LogP contribution in [0.3, 0.4) is 0 Å². The molecule has 0 aliphatic carbocycles. The van der Waals surface area contributed by atoms with E-state index in [2.05, 4.69) is 10.6 Å². The summed E-state index contributed by atoms with van der Waals surface area (Å²) in [6.07, 6.45) is -0.491. The van der Waals surface area contributed by atoms with Crippen LogP contribution in [-0.4, -0.2) is 90.5 Å². The molecule has 1 aliphatic rings. The molecule has 1 amide bonds. The second kappa shape index (κ2) is 13.8. The molecule has 0 spiro atoms. The van der Waals surface area contributed by atoms with Crippen molar-refractivity contribution >= 4 is 17.8 Å². The molecule has 0 saturated heterocycles. The summed E-state index contributed by atoms with van der Waals surface area (Å²) in [7, 11) is 0. The molecule has 1 aliphatic heterocycles. The Morgan fingerprint density at radius 2 is 2.10 bits per heavy atom. The predicted molar refractivity (Wildman–Crippen MR) is 110 cm³/mol. The van der Waals surface area contributed by atoms with Crippen LogP contribution in [0.1, 0.15) is 26.7 Å². The largest absolute Gasteiger partial charge is 0.480 e. The molecule has 31 heavy (non-hydrogen) atoms. The van der Waals surface area contributed by atoms with Crippen molar-refractivity contribution in [2.75, 3.05) is 33.0 Å². The van der Waals surface area contributed by atoms with Crippen molar-refractivity contribution in [2.24, 2.45) is 11.7 Å². The zero-order chi connectivity index (χ0) is 23.4. The molecule has 0 fully saturated rings. The van der Waals surface area contributed by atoms with Gasteiger partial charge in [-0.3, -0.25) is 10.2 Å². The van der Waals surface area contributed by atoms with Crippen LogP contribution >= 0.6 is 0 Å². The lowest BCUT2D eigenvalue weighted by Gasteiger charge is -2.40. The van der Waals surface area contributed by atoms with E-state index in [9.17, 15) is 24.9 Å². The number of ether oxygens (including phenoxy) is 3. The Hall–Kier alpha value is -2.41. The van der Waals surface area contributed by atoms with Gasteiger partial charge in [0.1, 0.15) is 24.9 Å². The van der Waals surface area contributed by atoms with Crippen LogP contribution in [0, 0.1) is 11.3 Å². The van der Waals surface area contributed by atoms with Gasteiger partial charge in [0.2, 0.25) is 11.7 Å². The monoisotopic (exact) mass is 446 g/mol. The second-order valence-electron chi connectivity index (χ2n) is 7.20. The van der Waals surface area contributed by atoms with Gasteiger partial charge < -0.3 is 45.9 Å². The first-order valence-electron chi connectivity index (χ1n) is 10.2. The summed E-state index contributed by atoms with van der Waals surface area (Å²) in [6, 6.07) is -0.701. The summed E-state index contributed by atoms with van der Waals surface area (Å²) >= 11 is 0. The van der Waals surface area contributed by atoms with E-state index in [-0.39, 0.29) is 12.5 Å². The van der Waals surface area contributed by atoms with Crippen LogP contribution < -0.4 is 16.4 Å². The number of amides is 1. The Morgan fingerprint density at radius 1 is 1.39 bits per heavy atom. The Bertz CT molecular complexity index is 630. The number of unbranched alkanes of at least 4 members (excludes halogenated alkanes) is 1. The Labute approximate surface area is 181 Å². The van der Waals surface area contributed by atoms with E-state index in [0.29, 0.717) is 13.2 Å². The molecule has 0 radical (unpaired) electrons. The number of nitrogens with two attached hydrogens (primary N) is 1. The summed E-state index contributed by atoms with van der Waals surface area (Å²) in [4.78, 5) is 23.5. The lowest BCUT2D eigenvalue weighted by molar-refractivity contribution is -0.161. The zero-order valence-corrected chi connectivity index (χ0v) is 17.9. The number of carboxylic acids is 1. The maximum Gasteiger partial charge on any atom is 0.370 e. The fourth-order valence-electron chi connectivity index (χ4n) is 3.02. The summed E-state index contributed by atoms with van der Waals surface area (Å²) in [5.74, 6) is -3.14. The number of rotatable bonds is 14. The highest BCUT2D eigenvalue weighted by Crippen LogP contribution is 2.28. The summed E-state index contributed by atoms with van der Waals surface area (Å²) in [5.41, 5.74) is 5.37. The van der Waals surface area contributed by atoms with Crippen molar-refractivity contribution in [3.63, 3.8) is 0 Å². The molecule has 1 rings (SSSR count). The molecule has 12 nitrogen and oxygen atoms in total. The minimum atomic E-state index is -1.44. The molecular weight excluding hydrogens is 412 g/mol. The highest BCUT2D eigenvalue weighted by atomic mass is 16.6. The number of nitrogens with one attached hydrogen (secondary N) is 3. The summed E-state index contributed by atoms with van der Waals surface area (Å²) in [5, 5.41) is 41.6. The SMILES string of the molecule is CCCCOCCNC(=O)CO[C@@H]([C@@H]1OC(C(=O)O)=C[C@H](NC(=N)N)[C@H]1C)[C@H](O)CO. The van der Waals surface area contributed by atoms with E-state index in [1.807, 2.05) is 6.92 Å². The van der Waals surface area contributed by atoms with Gasteiger partial charge in [-0.1, -0.05) is 20.3 Å². The fraction of sp³-hybridized carbons (Fsp3) is 0.737. The van der Waals surface area contributed by atoms with Crippen LogP contribution in [0.4, 0.5) is 0 Å². The highest BCUT2D eigenvalue weighted by molar-refractivity contribution is 5.85. The number of carbonyl (C=O) groups excluding carboxylic acids is 1.